The third kappa shape index (κ3) is 3.11. The molecule has 5 heteroatoms. The molecule has 1 unspecified atom stereocenters. The summed E-state index contributed by atoms with van der Waals surface area (Å²) in [5.41, 5.74) is 1.21. The monoisotopic (exact) mass is 335 g/mol. The predicted octanol–water partition coefficient (Wildman–Crippen LogP) is 3.48. The first-order valence-corrected chi connectivity index (χ1v) is 6.79. The molecule has 0 aliphatic carbocycles. The minimum Gasteiger partial charge on any atom is -0.508 e. The number of para-hydroxylation sites is 2. The number of hydrogen-bond acceptors (Lipinski definition) is 4. The molecule has 4 nitrogen and oxygen atoms in total. The predicted molar refractivity (Wildman–Crippen MR) is 80.6 cm³/mol. The van der Waals surface area contributed by atoms with Crippen LogP contribution in [0.4, 0.5) is 5.69 Å². The number of phenolic OH excluding ortho intramolecular Hbond substituents is 1. The van der Waals surface area contributed by atoms with Crippen molar-refractivity contribution in [1.29, 1.82) is 0 Å². The molecule has 2 aromatic rings. The summed E-state index contributed by atoms with van der Waals surface area (Å²) in [7, 11) is 1.32. The SMILES string of the molecule is COC(=O)C(Nc1ccccc1Br)c1ccccc1O. The van der Waals surface area contributed by atoms with Gasteiger partial charge < -0.3 is 15.2 Å². The lowest BCUT2D eigenvalue weighted by atomic mass is 10.1. The second-order valence-electron chi connectivity index (χ2n) is 4.14. The van der Waals surface area contributed by atoms with E-state index < -0.39 is 12.0 Å². The highest BCUT2D eigenvalue weighted by molar-refractivity contribution is 9.10. The molecule has 2 N–H and O–H groups in total. The topological polar surface area (TPSA) is 58.6 Å². The van der Waals surface area contributed by atoms with Gasteiger partial charge in [-0.25, -0.2) is 4.79 Å². The highest BCUT2D eigenvalue weighted by Gasteiger charge is 2.24. The minimum atomic E-state index is -0.778. The lowest BCUT2D eigenvalue weighted by Crippen LogP contribution is -2.22. The number of hydrogen-bond donors (Lipinski definition) is 2. The number of carbonyl (C=O) groups is 1. The van der Waals surface area contributed by atoms with Crippen LogP contribution >= 0.6 is 15.9 Å². The molecule has 0 amide bonds. The fraction of sp³-hybridized carbons (Fsp3) is 0.133. The number of carbonyl (C=O) groups excluding carboxylic acids is 1. The molecule has 0 saturated heterocycles. The van der Waals surface area contributed by atoms with Crippen LogP contribution in [0.25, 0.3) is 0 Å². The third-order valence-electron chi connectivity index (χ3n) is 2.86. The van der Waals surface area contributed by atoms with Gasteiger partial charge in [0, 0.05) is 15.7 Å². The molecule has 0 aromatic heterocycles. The molecule has 0 saturated carbocycles. The van der Waals surface area contributed by atoms with E-state index in [1.807, 2.05) is 24.3 Å². The first-order chi connectivity index (χ1) is 9.63. The molecule has 0 aliphatic heterocycles. The summed E-state index contributed by atoms with van der Waals surface area (Å²) in [4.78, 5) is 12.0. The molecule has 0 fully saturated rings. The van der Waals surface area contributed by atoms with Crippen LogP contribution in [0.15, 0.2) is 53.0 Å². The number of halogens is 1. The van der Waals surface area contributed by atoms with Crippen molar-refractivity contribution in [1.82, 2.24) is 0 Å². The summed E-state index contributed by atoms with van der Waals surface area (Å²) in [6.45, 7) is 0. The Morgan fingerprint density at radius 2 is 1.85 bits per heavy atom. The van der Waals surface area contributed by atoms with Crippen molar-refractivity contribution in [2.24, 2.45) is 0 Å². The second-order valence-corrected chi connectivity index (χ2v) is 4.99. The molecular formula is C15H14BrNO3. The fourth-order valence-electron chi connectivity index (χ4n) is 1.85. The maximum atomic E-state index is 12.0. The number of anilines is 1. The van der Waals surface area contributed by atoms with Gasteiger partial charge in [-0.05, 0) is 34.1 Å². The van der Waals surface area contributed by atoms with Crippen LogP contribution in [0.1, 0.15) is 11.6 Å². The van der Waals surface area contributed by atoms with E-state index in [0.29, 0.717) is 5.56 Å². The van der Waals surface area contributed by atoms with E-state index in [9.17, 15) is 9.90 Å². The standard InChI is InChI=1S/C15H14BrNO3/c1-20-15(19)14(10-6-2-5-9-13(10)18)17-12-8-4-3-7-11(12)16/h2-9,14,17-18H,1H3. The van der Waals surface area contributed by atoms with Crippen LogP contribution in [0.3, 0.4) is 0 Å². The van der Waals surface area contributed by atoms with Gasteiger partial charge in [-0.1, -0.05) is 30.3 Å². The highest BCUT2D eigenvalue weighted by atomic mass is 79.9. The number of esters is 1. The summed E-state index contributed by atoms with van der Waals surface area (Å²) in [6.07, 6.45) is 0. The maximum absolute atomic E-state index is 12.0. The lowest BCUT2D eigenvalue weighted by molar-refractivity contribution is -0.141. The van der Waals surface area contributed by atoms with E-state index in [1.165, 1.54) is 13.2 Å². The average Bonchev–Trinajstić information content (AvgIpc) is 2.47. The maximum Gasteiger partial charge on any atom is 0.333 e. The van der Waals surface area contributed by atoms with Crippen molar-refractivity contribution in [2.45, 2.75) is 6.04 Å². The van der Waals surface area contributed by atoms with Gasteiger partial charge in [-0.15, -0.1) is 0 Å². The van der Waals surface area contributed by atoms with Crippen LogP contribution in [0, 0.1) is 0 Å². The Labute approximate surface area is 125 Å². The van der Waals surface area contributed by atoms with Gasteiger partial charge >= 0.3 is 5.97 Å². The molecule has 104 valence electrons. The van der Waals surface area contributed by atoms with Crippen LogP contribution in [-0.2, 0) is 9.53 Å². The zero-order valence-electron chi connectivity index (χ0n) is 10.8. The molecular weight excluding hydrogens is 322 g/mol. The van der Waals surface area contributed by atoms with Gasteiger partial charge in [0.15, 0.2) is 6.04 Å². The first kappa shape index (κ1) is 14.4. The Morgan fingerprint density at radius 1 is 1.20 bits per heavy atom. The van der Waals surface area contributed by atoms with Crippen LogP contribution in [0.2, 0.25) is 0 Å². The van der Waals surface area contributed by atoms with Crippen LogP contribution in [0.5, 0.6) is 5.75 Å². The van der Waals surface area contributed by atoms with E-state index >= 15 is 0 Å². The largest absolute Gasteiger partial charge is 0.508 e. The Hall–Kier alpha value is -2.01. The van der Waals surface area contributed by atoms with Crippen molar-refractivity contribution in [2.75, 3.05) is 12.4 Å². The van der Waals surface area contributed by atoms with Crippen molar-refractivity contribution in [3.63, 3.8) is 0 Å². The Balaban J connectivity index is 2.37. The second kappa shape index (κ2) is 6.43. The molecule has 0 spiro atoms. The molecule has 0 heterocycles. The van der Waals surface area contributed by atoms with Gasteiger partial charge in [0.25, 0.3) is 0 Å². The molecule has 1 atom stereocenters. The quantitative estimate of drug-likeness (QED) is 0.840. The summed E-state index contributed by atoms with van der Waals surface area (Å²) in [6, 6.07) is 13.3. The first-order valence-electron chi connectivity index (χ1n) is 6.00. The summed E-state index contributed by atoms with van der Waals surface area (Å²) in [5.74, 6) is -0.426. The summed E-state index contributed by atoms with van der Waals surface area (Å²) in [5, 5.41) is 13.0. The Kier molecular flexibility index (Phi) is 4.63. The van der Waals surface area contributed by atoms with E-state index in [4.69, 9.17) is 4.74 Å². The summed E-state index contributed by atoms with van der Waals surface area (Å²) >= 11 is 3.41. The highest BCUT2D eigenvalue weighted by Crippen LogP contribution is 2.30. The van der Waals surface area contributed by atoms with Gasteiger partial charge in [0.2, 0.25) is 0 Å². The summed E-state index contributed by atoms with van der Waals surface area (Å²) < 4.78 is 5.63. The molecule has 20 heavy (non-hydrogen) atoms. The number of aromatic hydroxyl groups is 1. The number of rotatable bonds is 4. The Morgan fingerprint density at radius 3 is 2.50 bits per heavy atom. The van der Waals surface area contributed by atoms with E-state index in [2.05, 4.69) is 21.2 Å². The molecule has 0 bridgehead atoms. The average molecular weight is 336 g/mol. The van der Waals surface area contributed by atoms with Gasteiger partial charge in [0.05, 0.1) is 7.11 Å². The normalized spacial score (nSPS) is 11.7. The number of phenols is 1. The van der Waals surface area contributed by atoms with Crippen LogP contribution < -0.4 is 5.32 Å². The van der Waals surface area contributed by atoms with Gasteiger partial charge in [-0.2, -0.15) is 0 Å². The van der Waals surface area contributed by atoms with E-state index in [-0.39, 0.29) is 5.75 Å². The van der Waals surface area contributed by atoms with E-state index in [1.54, 1.807) is 18.2 Å². The zero-order chi connectivity index (χ0) is 14.5. The number of benzene rings is 2. The Bertz CT molecular complexity index is 616. The van der Waals surface area contributed by atoms with Gasteiger partial charge in [0.1, 0.15) is 5.75 Å². The molecule has 0 aliphatic rings. The third-order valence-corrected chi connectivity index (χ3v) is 3.55. The minimum absolute atomic E-state index is 0.0439. The van der Waals surface area contributed by atoms with Crippen LogP contribution in [-0.4, -0.2) is 18.2 Å². The van der Waals surface area contributed by atoms with Crippen molar-refractivity contribution in [3.8, 4) is 5.75 Å². The van der Waals surface area contributed by atoms with Gasteiger partial charge in [-0.3, -0.25) is 0 Å². The smallest absolute Gasteiger partial charge is 0.333 e. The van der Waals surface area contributed by atoms with Crippen molar-refractivity contribution < 1.29 is 14.6 Å². The van der Waals surface area contributed by atoms with Crippen molar-refractivity contribution >= 4 is 27.6 Å². The number of ether oxygens (including phenoxy) is 1. The number of nitrogens with one attached hydrogen (secondary N) is 1. The molecule has 2 aromatic carbocycles. The zero-order valence-corrected chi connectivity index (χ0v) is 12.4. The van der Waals surface area contributed by atoms with E-state index in [0.717, 1.165) is 10.2 Å². The lowest BCUT2D eigenvalue weighted by Gasteiger charge is -2.19. The van der Waals surface area contributed by atoms with Crippen molar-refractivity contribution in [3.05, 3.63) is 58.6 Å². The fourth-order valence-corrected chi connectivity index (χ4v) is 2.25. The molecule has 2 rings (SSSR count). The molecule has 0 radical (unpaired) electrons. The number of methoxy groups -OCH3 is 1.